The predicted molar refractivity (Wildman–Crippen MR) is 79.7 cm³/mol. The molecular weight excluding hydrogens is 272 g/mol. The van der Waals surface area contributed by atoms with Crippen LogP contribution in [0.5, 0.6) is 11.5 Å². The predicted octanol–water partition coefficient (Wildman–Crippen LogP) is 4.74. The Morgan fingerprint density at radius 3 is 2.62 bits per heavy atom. The molecule has 2 nitrogen and oxygen atoms in total. The quantitative estimate of drug-likeness (QED) is 0.859. The fourth-order valence-corrected chi connectivity index (χ4v) is 2.17. The van der Waals surface area contributed by atoms with Crippen molar-refractivity contribution in [2.45, 2.75) is 26.8 Å². The van der Waals surface area contributed by atoms with Crippen molar-refractivity contribution in [3.8, 4) is 11.5 Å². The molecule has 0 bridgehead atoms. The van der Waals surface area contributed by atoms with Crippen LogP contribution in [0.25, 0.3) is 0 Å². The highest BCUT2D eigenvalue weighted by Gasteiger charge is 2.15. The van der Waals surface area contributed by atoms with Crippen LogP contribution in [0, 0.1) is 18.6 Å². The fraction of sp³-hybridized carbons (Fsp3) is 0.294. The number of hydrogen-bond acceptors (Lipinski definition) is 2. The number of ether oxygens (including phenoxy) is 1. The number of halogens is 2. The Morgan fingerprint density at radius 1 is 1.19 bits per heavy atom. The molecule has 0 saturated carbocycles. The van der Waals surface area contributed by atoms with E-state index >= 15 is 0 Å². The minimum Gasteiger partial charge on any atom is -0.457 e. The summed E-state index contributed by atoms with van der Waals surface area (Å²) in [5.74, 6) is 0.285. The van der Waals surface area contributed by atoms with Gasteiger partial charge in [0, 0.05) is 17.7 Å². The zero-order valence-corrected chi connectivity index (χ0v) is 12.4. The average Bonchev–Trinajstić information content (AvgIpc) is 2.43. The molecule has 0 saturated heterocycles. The summed E-state index contributed by atoms with van der Waals surface area (Å²) in [4.78, 5) is 0. The van der Waals surface area contributed by atoms with E-state index in [4.69, 9.17) is 4.74 Å². The van der Waals surface area contributed by atoms with Gasteiger partial charge in [0.2, 0.25) is 0 Å². The van der Waals surface area contributed by atoms with Crippen molar-refractivity contribution in [3.63, 3.8) is 0 Å². The van der Waals surface area contributed by atoms with Gasteiger partial charge in [-0.25, -0.2) is 8.78 Å². The van der Waals surface area contributed by atoms with Gasteiger partial charge >= 0.3 is 0 Å². The Morgan fingerprint density at radius 2 is 1.95 bits per heavy atom. The molecule has 0 radical (unpaired) electrons. The standard InChI is InChI=1S/C17H19F2NO/c1-4-20-12(3)15-10-16(19)11(2)8-17(15)21-14-7-5-6-13(18)9-14/h5-10,12,20H,4H2,1-3H3. The summed E-state index contributed by atoms with van der Waals surface area (Å²) in [7, 11) is 0. The summed E-state index contributed by atoms with van der Waals surface area (Å²) in [6.45, 7) is 6.35. The van der Waals surface area contributed by atoms with Crippen molar-refractivity contribution in [1.82, 2.24) is 5.32 Å². The summed E-state index contributed by atoms with van der Waals surface area (Å²) in [6, 6.07) is 8.96. The maximum atomic E-state index is 13.8. The lowest BCUT2D eigenvalue weighted by Gasteiger charge is -2.18. The Hall–Kier alpha value is -1.94. The zero-order valence-electron chi connectivity index (χ0n) is 12.4. The molecule has 0 aliphatic heterocycles. The number of hydrogen-bond donors (Lipinski definition) is 1. The second-order valence-corrected chi connectivity index (χ2v) is 4.98. The lowest BCUT2D eigenvalue weighted by molar-refractivity contribution is 0.454. The van der Waals surface area contributed by atoms with E-state index in [1.165, 1.54) is 18.2 Å². The SMILES string of the molecule is CCNC(C)c1cc(F)c(C)cc1Oc1cccc(F)c1. The molecule has 0 heterocycles. The van der Waals surface area contributed by atoms with Crippen molar-refractivity contribution >= 4 is 0 Å². The number of nitrogens with one attached hydrogen (secondary N) is 1. The summed E-state index contributed by atoms with van der Waals surface area (Å²) in [5.41, 5.74) is 1.21. The van der Waals surface area contributed by atoms with Crippen LogP contribution in [-0.4, -0.2) is 6.54 Å². The normalized spacial score (nSPS) is 12.2. The lowest BCUT2D eigenvalue weighted by atomic mass is 10.0. The van der Waals surface area contributed by atoms with Crippen LogP contribution in [0.15, 0.2) is 36.4 Å². The second kappa shape index (κ2) is 6.68. The Balaban J connectivity index is 2.39. The molecule has 0 amide bonds. The van der Waals surface area contributed by atoms with Crippen LogP contribution in [0.1, 0.15) is 31.0 Å². The van der Waals surface area contributed by atoms with E-state index in [9.17, 15) is 8.78 Å². The lowest BCUT2D eigenvalue weighted by Crippen LogP contribution is -2.18. The second-order valence-electron chi connectivity index (χ2n) is 4.98. The number of benzene rings is 2. The highest BCUT2D eigenvalue weighted by molar-refractivity contribution is 5.43. The van der Waals surface area contributed by atoms with Gasteiger partial charge in [0.25, 0.3) is 0 Å². The molecule has 2 aromatic carbocycles. The van der Waals surface area contributed by atoms with Crippen molar-refractivity contribution < 1.29 is 13.5 Å². The average molecular weight is 291 g/mol. The van der Waals surface area contributed by atoms with Crippen LogP contribution < -0.4 is 10.1 Å². The third-order valence-corrected chi connectivity index (χ3v) is 3.29. The molecule has 1 unspecified atom stereocenters. The van der Waals surface area contributed by atoms with E-state index in [0.717, 1.165) is 6.54 Å². The largest absolute Gasteiger partial charge is 0.457 e. The summed E-state index contributed by atoms with van der Waals surface area (Å²) < 4.78 is 32.8. The van der Waals surface area contributed by atoms with Crippen LogP contribution in [0.2, 0.25) is 0 Å². The van der Waals surface area contributed by atoms with Crippen LogP contribution >= 0.6 is 0 Å². The Kier molecular flexibility index (Phi) is 4.91. The molecule has 21 heavy (non-hydrogen) atoms. The molecule has 1 N–H and O–H groups in total. The van der Waals surface area contributed by atoms with Crippen molar-refractivity contribution in [2.75, 3.05) is 6.54 Å². The summed E-state index contributed by atoms with van der Waals surface area (Å²) in [6.07, 6.45) is 0. The molecule has 0 aliphatic rings. The molecule has 4 heteroatoms. The van der Waals surface area contributed by atoms with Crippen LogP contribution in [-0.2, 0) is 0 Å². The highest BCUT2D eigenvalue weighted by atomic mass is 19.1. The van der Waals surface area contributed by atoms with Gasteiger partial charge in [0.15, 0.2) is 0 Å². The van der Waals surface area contributed by atoms with E-state index in [1.807, 2.05) is 13.8 Å². The van der Waals surface area contributed by atoms with E-state index < -0.39 is 0 Å². The summed E-state index contributed by atoms with van der Waals surface area (Å²) >= 11 is 0. The highest BCUT2D eigenvalue weighted by Crippen LogP contribution is 2.32. The van der Waals surface area contributed by atoms with Crippen molar-refractivity contribution in [2.24, 2.45) is 0 Å². The van der Waals surface area contributed by atoms with E-state index in [0.29, 0.717) is 22.6 Å². The van der Waals surface area contributed by atoms with Gasteiger partial charge in [-0.3, -0.25) is 0 Å². The topological polar surface area (TPSA) is 21.3 Å². The Bertz CT molecular complexity index is 628. The van der Waals surface area contributed by atoms with Gasteiger partial charge in [-0.2, -0.15) is 0 Å². The molecule has 2 rings (SSSR count). The van der Waals surface area contributed by atoms with Crippen LogP contribution in [0.4, 0.5) is 8.78 Å². The minimum atomic E-state index is -0.368. The molecule has 0 spiro atoms. The van der Waals surface area contributed by atoms with E-state index in [1.54, 1.807) is 25.1 Å². The van der Waals surface area contributed by atoms with Gasteiger partial charge in [-0.1, -0.05) is 13.0 Å². The van der Waals surface area contributed by atoms with Gasteiger partial charge in [-0.05, 0) is 50.2 Å². The van der Waals surface area contributed by atoms with Gasteiger partial charge in [0.05, 0.1) is 0 Å². The smallest absolute Gasteiger partial charge is 0.132 e. The first-order valence-corrected chi connectivity index (χ1v) is 6.98. The monoisotopic (exact) mass is 291 g/mol. The zero-order chi connectivity index (χ0) is 15.4. The first-order chi connectivity index (χ1) is 10.0. The molecule has 0 aromatic heterocycles. The van der Waals surface area contributed by atoms with E-state index in [-0.39, 0.29) is 17.7 Å². The first kappa shape index (κ1) is 15.4. The van der Waals surface area contributed by atoms with Gasteiger partial charge in [-0.15, -0.1) is 0 Å². The van der Waals surface area contributed by atoms with Gasteiger partial charge < -0.3 is 10.1 Å². The third-order valence-electron chi connectivity index (χ3n) is 3.29. The summed E-state index contributed by atoms with van der Waals surface area (Å²) in [5, 5.41) is 3.23. The molecule has 0 fully saturated rings. The Labute approximate surface area is 123 Å². The minimum absolute atomic E-state index is 0.0614. The first-order valence-electron chi connectivity index (χ1n) is 6.98. The van der Waals surface area contributed by atoms with E-state index in [2.05, 4.69) is 5.32 Å². The molecule has 2 aromatic rings. The van der Waals surface area contributed by atoms with Crippen LogP contribution in [0.3, 0.4) is 0 Å². The molecule has 0 aliphatic carbocycles. The molecule has 1 atom stereocenters. The fourth-order valence-electron chi connectivity index (χ4n) is 2.17. The van der Waals surface area contributed by atoms with Gasteiger partial charge in [0.1, 0.15) is 23.1 Å². The maximum absolute atomic E-state index is 13.8. The van der Waals surface area contributed by atoms with Crippen molar-refractivity contribution in [3.05, 3.63) is 59.2 Å². The molecule has 112 valence electrons. The van der Waals surface area contributed by atoms with Crippen molar-refractivity contribution in [1.29, 1.82) is 0 Å². The number of aryl methyl sites for hydroxylation is 1. The third kappa shape index (κ3) is 3.79. The molecular formula is C17H19F2NO. The maximum Gasteiger partial charge on any atom is 0.132 e. The number of rotatable bonds is 5.